The van der Waals surface area contributed by atoms with Gasteiger partial charge in [-0.05, 0) is 30.1 Å². The molecule has 0 aliphatic heterocycles. The van der Waals surface area contributed by atoms with Crippen molar-refractivity contribution in [2.24, 2.45) is 10.8 Å². The van der Waals surface area contributed by atoms with E-state index in [1.807, 2.05) is 0 Å². The van der Waals surface area contributed by atoms with E-state index < -0.39 is 0 Å². The molecule has 0 unspecified atom stereocenters. The third kappa shape index (κ3) is 4.12. The Morgan fingerprint density at radius 1 is 1.23 bits per heavy atom. The molecule has 0 bridgehead atoms. The fourth-order valence-electron chi connectivity index (χ4n) is 1.92. The van der Waals surface area contributed by atoms with Crippen molar-refractivity contribution in [3.8, 4) is 0 Å². The molecule has 0 aromatic carbocycles. The summed E-state index contributed by atoms with van der Waals surface area (Å²) in [6.45, 7) is 11.6. The van der Waals surface area contributed by atoms with Crippen LogP contribution in [0.3, 0.4) is 0 Å². The van der Waals surface area contributed by atoms with Gasteiger partial charge in [0.15, 0.2) is 0 Å². The van der Waals surface area contributed by atoms with Crippen molar-refractivity contribution < 1.29 is 0 Å². The van der Waals surface area contributed by atoms with Gasteiger partial charge in [-0.3, -0.25) is 0 Å². The van der Waals surface area contributed by atoms with Crippen LogP contribution in [-0.2, 0) is 0 Å². The largest absolute Gasteiger partial charge is 0.316 e. The Labute approximate surface area is 83.3 Å². The van der Waals surface area contributed by atoms with Crippen molar-refractivity contribution in [1.29, 1.82) is 0 Å². The van der Waals surface area contributed by atoms with Crippen LogP contribution in [0.4, 0.5) is 0 Å². The van der Waals surface area contributed by atoms with Crippen LogP contribution in [0, 0.1) is 10.8 Å². The lowest BCUT2D eigenvalue weighted by Crippen LogP contribution is -2.31. The highest BCUT2D eigenvalue weighted by atomic mass is 14.9. The van der Waals surface area contributed by atoms with Crippen molar-refractivity contribution in [3.05, 3.63) is 0 Å². The van der Waals surface area contributed by atoms with Gasteiger partial charge in [-0.1, -0.05) is 34.1 Å². The molecule has 1 heteroatoms. The van der Waals surface area contributed by atoms with E-state index in [0.29, 0.717) is 10.8 Å². The van der Waals surface area contributed by atoms with E-state index in [1.54, 1.807) is 0 Å². The zero-order chi connectivity index (χ0) is 9.95. The molecule has 1 fully saturated rings. The molecule has 0 aromatic heterocycles. The van der Waals surface area contributed by atoms with Gasteiger partial charge in [-0.25, -0.2) is 0 Å². The summed E-state index contributed by atoms with van der Waals surface area (Å²) in [6, 6.07) is 0. The molecule has 0 saturated heterocycles. The molecule has 1 nitrogen and oxygen atoms in total. The average molecular weight is 183 g/mol. The summed E-state index contributed by atoms with van der Waals surface area (Å²) in [4.78, 5) is 0. The lowest BCUT2D eigenvalue weighted by molar-refractivity contribution is 0.341. The smallest absolute Gasteiger partial charge is 0.000804 e. The molecule has 1 aliphatic carbocycles. The predicted octanol–water partition coefficient (Wildman–Crippen LogP) is 3.20. The van der Waals surface area contributed by atoms with E-state index in [2.05, 4.69) is 33.0 Å². The summed E-state index contributed by atoms with van der Waals surface area (Å²) < 4.78 is 0. The van der Waals surface area contributed by atoms with Gasteiger partial charge in [0.2, 0.25) is 0 Å². The molecule has 0 aromatic rings. The second-order valence-electron chi connectivity index (χ2n) is 5.91. The number of hydrogen-bond donors (Lipinski definition) is 1. The molecule has 1 saturated carbocycles. The first kappa shape index (κ1) is 11.0. The Morgan fingerprint density at radius 2 is 1.85 bits per heavy atom. The van der Waals surface area contributed by atoms with Crippen LogP contribution in [0.15, 0.2) is 0 Å². The molecule has 0 heterocycles. The normalized spacial score (nSPS) is 20.3. The summed E-state index contributed by atoms with van der Waals surface area (Å²) in [5.41, 5.74) is 1.14. The predicted molar refractivity (Wildman–Crippen MR) is 58.9 cm³/mol. The number of nitrogens with one attached hydrogen (secondary N) is 1. The standard InChI is InChI=1S/C12H25N/c1-5-6-12(7-8-12)10-13-9-11(2,3)4/h13H,5-10H2,1-4H3. The zero-order valence-corrected chi connectivity index (χ0v) is 9.74. The molecule has 0 amide bonds. The van der Waals surface area contributed by atoms with Crippen LogP contribution in [-0.4, -0.2) is 13.1 Å². The minimum atomic E-state index is 0.433. The second kappa shape index (κ2) is 4.00. The van der Waals surface area contributed by atoms with E-state index in [9.17, 15) is 0 Å². The van der Waals surface area contributed by atoms with Gasteiger partial charge in [0.05, 0.1) is 0 Å². The monoisotopic (exact) mass is 183 g/mol. The van der Waals surface area contributed by atoms with Crippen molar-refractivity contribution in [2.75, 3.05) is 13.1 Å². The molecule has 1 aliphatic rings. The maximum atomic E-state index is 3.61. The average Bonchev–Trinajstić information content (AvgIpc) is 2.67. The Balaban J connectivity index is 2.12. The summed E-state index contributed by atoms with van der Waals surface area (Å²) in [5.74, 6) is 0. The Kier molecular flexibility index (Phi) is 3.39. The number of hydrogen-bond acceptors (Lipinski definition) is 1. The van der Waals surface area contributed by atoms with Gasteiger partial charge in [-0.2, -0.15) is 0 Å². The summed E-state index contributed by atoms with van der Waals surface area (Å²) in [6.07, 6.45) is 5.68. The molecule has 0 radical (unpaired) electrons. The summed E-state index contributed by atoms with van der Waals surface area (Å²) in [5, 5.41) is 3.61. The van der Waals surface area contributed by atoms with Crippen LogP contribution in [0.25, 0.3) is 0 Å². The van der Waals surface area contributed by atoms with Crippen LogP contribution in [0.1, 0.15) is 53.4 Å². The van der Waals surface area contributed by atoms with E-state index in [4.69, 9.17) is 0 Å². The minimum absolute atomic E-state index is 0.433. The fraction of sp³-hybridized carbons (Fsp3) is 1.00. The van der Waals surface area contributed by atoms with Gasteiger partial charge >= 0.3 is 0 Å². The van der Waals surface area contributed by atoms with Crippen molar-refractivity contribution >= 4 is 0 Å². The molecule has 0 spiro atoms. The maximum Gasteiger partial charge on any atom is 0.000804 e. The van der Waals surface area contributed by atoms with Crippen LogP contribution < -0.4 is 5.32 Å². The van der Waals surface area contributed by atoms with Gasteiger partial charge in [0.1, 0.15) is 0 Å². The van der Waals surface area contributed by atoms with Gasteiger partial charge in [-0.15, -0.1) is 0 Å². The van der Waals surface area contributed by atoms with Crippen molar-refractivity contribution in [2.45, 2.75) is 53.4 Å². The van der Waals surface area contributed by atoms with E-state index in [-0.39, 0.29) is 0 Å². The highest BCUT2D eigenvalue weighted by Crippen LogP contribution is 2.48. The fourth-order valence-corrected chi connectivity index (χ4v) is 1.92. The molecule has 78 valence electrons. The molecule has 0 atom stereocenters. The van der Waals surface area contributed by atoms with Gasteiger partial charge < -0.3 is 5.32 Å². The molecular weight excluding hydrogens is 158 g/mol. The highest BCUT2D eigenvalue weighted by molar-refractivity contribution is 4.94. The SMILES string of the molecule is CCCC1(CNCC(C)(C)C)CC1. The second-order valence-corrected chi connectivity index (χ2v) is 5.91. The van der Waals surface area contributed by atoms with Crippen LogP contribution in [0.2, 0.25) is 0 Å². The topological polar surface area (TPSA) is 12.0 Å². The first-order chi connectivity index (χ1) is 5.97. The van der Waals surface area contributed by atoms with E-state index >= 15 is 0 Å². The van der Waals surface area contributed by atoms with Crippen molar-refractivity contribution in [1.82, 2.24) is 5.32 Å². The molecule has 1 N–H and O–H groups in total. The minimum Gasteiger partial charge on any atom is -0.316 e. The Bertz CT molecular complexity index is 151. The van der Waals surface area contributed by atoms with Crippen LogP contribution in [0.5, 0.6) is 0 Å². The zero-order valence-electron chi connectivity index (χ0n) is 9.74. The van der Waals surface area contributed by atoms with Crippen molar-refractivity contribution in [3.63, 3.8) is 0 Å². The first-order valence-electron chi connectivity index (χ1n) is 5.68. The lowest BCUT2D eigenvalue weighted by atomic mass is 9.95. The quantitative estimate of drug-likeness (QED) is 0.690. The van der Waals surface area contributed by atoms with E-state index in [1.165, 1.54) is 32.2 Å². The number of rotatable bonds is 5. The summed E-state index contributed by atoms with van der Waals surface area (Å²) >= 11 is 0. The highest BCUT2D eigenvalue weighted by Gasteiger charge is 2.40. The Morgan fingerprint density at radius 3 is 2.23 bits per heavy atom. The van der Waals surface area contributed by atoms with Crippen LogP contribution >= 0.6 is 0 Å². The lowest BCUT2D eigenvalue weighted by Gasteiger charge is -2.22. The maximum absolute atomic E-state index is 3.61. The van der Waals surface area contributed by atoms with Gasteiger partial charge in [0, 0.05) is 13.1 Å². The van der Waals surface area contributed by atoms with E-state index in [0.717, 1.165) is 6.54 Å². The molecule has 13 heavy (non-hydrogen) atoms. The first-order valence-corrected chi connectivity index (χ1v) is 5.68. The molecule has 1 rings (SSSR count). The molecular formula is C12H25N. The third-order valence-electron chi connectivity index (χ3n) is 2.89. The van der Waals surface area contributed by atoms with Gasteiger partial charge in [0.25, 0.3) is 0 Å². The third-order valence-corrected chi connectivity index (χ3v) is 2.89. The Hall–Kier alpha value is -0.0400. The summed E-state index contributed by atoms with van der Waals surface area (Å²) in [7, 11) is 0.